The Morgan fingerprint density at radius 3 is 3.10 bits per heavy atom. The van der Waals surface area contributed by atoms with E-state index in [1.54, 1.807) is 0 Å². The first-order valence-corrected chi connectivity index (χ1v) is 8.06. The van der Waals surface area contributed by atoms with Gasteiger partial charge in [0.2, 0.25) is 0 Å². The molecule has 0 amide bonds. The van der Waals surface area contributed by atoms with E-state index in [-0.39, 0.29) is 0 Å². The first kappa shape index (κ1) is 14.9. The number of aryl methyl sites for hydroxylation is 1. The predicted molar refractivity (Wildman–Crippen MR) is 78.9 cm³/mol. The summed E-state index contributed by atoms with van der Waals surface area (Å²) < 4.78 is 11.4. The van der Waals surface area contributed by atoms with Crippen LogP contribution in [0.3, 0.4) is 0 Å². The zero-order chi connectivity index (χ0) is 14.7. The van der Waals surface area contributed by atoms with E-state index >= 15 is 0 Å². The van der Waals surface area contributed by atoms with Crippen LogP contribution in [0.4, 0.5) is 0 Å². The fraction of sp³-hybridized carbons (Fsp3) is 0.867. The van der Waals surface area contributed by atoms with Crippen molar-refractivity contribution in [3.05, 3.63) is 11.6 Å². The molecule has 1 aromatic rings. The Morgan fingerprint density at radius 1 is 1.43 bits per heavy atom. The van der Waals surface area contributed by atoms with E-state index in [1.165, 1.54) is 19.3 Å². The van der Waals surface area contributed by atoms with Crippen molar-refractivity contribution in [3.63, 3.8) is 0 Å². The first-order valence-electron chi connectivity index (χ1n) is 8.06. The minimum absolute atomic E-state index is 0.375. The molecule has 0 bridgehead atoms. The Morgan fingerprint density at radius 2 is 2.33 bits per heavy atom. The average molecular weight is 294 g/mol. The Balaban J connectivity index is 1.69. The number of aromatic nitrogens is 3. The van der Waals surface area contributed by atoms with E-state index in [9.17, 15) is 0 Å². The molecule has 1 saturated heterocycles. The van der Waals surface area contributed by atoms with Crippen LogP contribution in [0, 0.1) is 5.92 Å². The molecule has 1 aromatic heterocycles. The third kappa shape index (κ3) is 3.27. The summed E-state index contributed by atoms with van der Waals surface area (Å²) in [6.07, 6.45) is 4.92. The zero-order valence-electron chi connectivity index (χ0n) is 13.0. The van der Waals surface area contributed by atoms with Crippen LogP contribution < -0.4 is 0 Å². The van der Waals surface area contributed by atoms with Gasteiger partial charge in [0.15, 0.2) is 0 Å². The Bertz CT molecular complexity index is 451. The normalized spacial score (nSPS) is 30.9. The molecule has 118 valence electrons. The Kier molecular flexibility index (Phi) is 4.87. The highest BCUT2D eigenvalue weighted by atomic mass is 16.5. The molecule has 21 heavy (non-hydrogen) atoms. The number of morpholine rings is 1. The lowest BCUT2D eigenvalue weighted by Gasteiger charge is -2.40. The van der Waals surface area contributed by atoms with Crippen LogP contribution in [-0.4, -0.2) is 59.1 Å². The van der Waals surface area contributed by atoms with Crippen LogP contribution in [-0.2, 0) is 22.4 Å². The number of H-pyrrole nitrogens is 1. The standard InChI is InChI=1S/C15H26N4O2/c1-3-14-16-15(18-17-14)9-19-7-8-21-10-12(19)11-5-4-6-13(11)20-2/h11-13H,3-10H2,1-2H3,(H,16,17,18)/t11-,12-,13-/m1/s1. The predicted octanol–water partition coefficient (Wildman–Crippen LogP) is 1.38. The van der Waals surface area contributed by atoms with E-state index in [0.717, 1.165) is 44.4 Å². The molecule has 0 unspecified atom stereocenters. The number of hydrogen-bond donors (Lipinski definition) is 1. The van der Waals surface area contributed by atoms with Gasteiger partial charge in [-0.2, -0.15) is 5.10 Å². The topological polar surface area (TPSA) is 63.3 Å². The molecule has 0 spiro atoms. The minimum Gasteiger partial charge on any atom is -0.381 e. The third-order valence-electron chi connectivity index (χ3n) is 4.83. The number of methoxy groups -OCH3 is 1. The first-order chi connectivity index (χ1) is 10.3. The maximum atomic E-state index is 5.74. The average Bonchev–Trinajstić information content (AvgIpc) is 3.16. The number of nitrogens with zero attached hydrogens (tertiary/aromatic N) is 3. The molecule has 1 N–H and O–H groups in total. The lowest BCUT2D eigenvalue weighted by atomic mass is 9.94. The summed E-state index contributed by atoms with van der Waals surface area (Å²) in [6, 6.07) is 0.432. The van der Waals surface area contributed by atoms with Crippen LogP contribution in [0.5, 0.6) is 0 Å². The van der Waals surface area contributed by atoms with Gasteiger partial charge in [-0.1, -0.05) is 13.3 Å². The van der Waals surface area contributed by atoms with Gasteiger partial charge in [-0.3, -0.25) is 10.00 Å². The van der Waals surface area contributed by atoms with Gasteiger partial charge in [-0.25, -0.2) is 4.98 Å². The maximum Gasteiger partial charge on any atom is 0.150 e. The van der Waals surface area contributed by atoms with E-state index < -0.39 is 0 Å². The van der Waals surface area contributed by atoms with Gasteiger partial charge >= 0.3 is 0 Å². The molecule has 6 nitrogen and oxygen atoms in total. The van der Waals surface area contributed by atoms with Crippen LogP contribution in [0.1, 0.15) is 37.8 Å². The number of hydrogen-bond acceptors (Lipinski definition) is 5. The Labute approximate surface area is 126 Å². The molecule has 2 fully saturated rings. The number of nitrogens with one attached hydrogen (secondary N) is 1. The van der Waals surface area contributed by atoms with Crippen LogP contribution in [0.2, 0.25) is 0 Å². The lowest BCUT2D eigenvalue weighted by molar-refractivity contribution is -0.0615. The van der Waals surface area contributed by atoms with Gasteiger partial charge in [-0.05, 0) is 12.8 Å². The van der Waals surface area contributed by atoms with E-state index in [2.05, 4.69) is 27.0 Å². The van der Waals surface area contributed by atoms with Gasteiger partial charge in [0.1, 0.15) is 11.6 Å². The van der Waals surface area contributed by atoms with E-state index in [0.29, 0.717) is 18.1 Å². The summed E-state index contributed by atoms with van der Waals surface area (Å²) in [5.74, 6) is 2.43. The van der Waals surface area contributed by atoms with Crippen molar-refractivity contribution in [2.75, 3.05) is 26.9 Å². The van der Waals surface area contributed by atoms with Crippen molar-refractivity contribution >= 4 is 0 Å². The van der Waals surface area contributed by atoms with Crippen molar-refractivity contribution in [2.45, 2.75) is 51.3 Å². The number of aromatic amines is 1. The van der Waals surface area contributed by atoms with Crippen molar-refractivity contribution < 1.29 is 9.47 Å². The highest BCUT2D eigenvalue weighted by Gasteiger charge is 2.38. The van der Waals surface area contributed by atoms with Gasteiger partial charge < -0.3 is 9.47 Å². The van der Waals surface area contributed by atoms with E-state index in [4.69, 9.17) is 9.47 Å². The molecular weight excluding hydrogens is 268 g/mol. The molecule has 2 heterocycles. The molecule has 0 radical (unpaired) electrons. The van der Waals surface area contributed by atoms with Crippen LogP contribution in [0.25, 0.3) is 0 Å². The van der Waals surface area contributed by atoms with Gasteiger partial charge in [-0.15, -0.1) is 0 Å². The second-order valence-electron chi connectivity index (χ2n) is 6.03. The highest BCUT2D eigenvalue weighted by Crippen LogP contribution is 2.34. The molecule has 3 atom stereocenters. The van der Waals surface area contributed by atoms with Crippen molar-refractivity contribution in [3.8, 4) is 0 Å². The number of rotatable bonds is 5. The van der Waals surface area contributed by atoms with Gasteiger partial charge in [0, 0.05) is 32.0 Å². The van der Waals surface area contributed by atoms with Gasteiger partial charge in [0.05, 0.1) is 25.9 Å². The summed E-state index contributed by atoms with van der Waals surface area (Å²) >= 11 is 0. The summed E-state index contributed by atoms with van der Waals surface area (Å²) in [4.78, 5) is 7.03. The highest BCUT2D eigenvalue weighted by molar-refractivity contribution is 4.95. The summed E-state index contributed by atoms with van der Waals surface area (Å²) in [5.41, 5.74) is 0. The molecule has 0 aromatic carbocycles. The summed E-state index contributed by atoms with van der Waals surface area (Å²) in [7, 11) is 1.83. The third-order valence-corrected chi connectivity index (χ3v) is 4.83. The molecular formula is C15H26N4O2. The van der Waals surface area contributed by atoms with Crippen LogP contribution in [0.15, 0.2) is 0 Å². The molecule has 1 aliphatic carbocycles. The molecule has 6 heteroatoms. The minimum atomic E-state index is 0.375. The molecule has 2 aliphatic rings. The quantitative estimate of drug-likeness (QED) is 0.889. The SMILES string of the molecule is CCc1n[nH]c(CN2CCOC[C@@H]2[C@H]2CCC[C@H]2OC)n1. The Hall–Kier alpha value is -0.980. The summed E-state index contributed by atoms with van der Waals surface area (Å²) in [6.45, 7) is 5.47. The molecule has 1 aliphatic heterocycles. The number of ether oxygens (including phenoxy) is 2. The fourth-order valence-electron chi connectivity index (χ4n) is 3.69. The van der Waals surface area contributed by atoms with Crippen LogP contribution >= 0.6 is 0 Å². The maximum absolute atomic E-state index is 5.74. The zero-order valence-corrected chi connectivity index (χ0v) is 13.0. The largest absolute Gasteiger partial charge is 0.381 e. The lowest BCUT2D eigenvalue weighted by Crippen LogP contribution is -2.51. The second-order valence-corrected chi connectivity index (χ2v) is 6.03. The van der Waals surface area contributed by atoms with E-state index in [1.807, 2.05) is 7.11 Å². The molecule has 3 rings (SSSR count). The van der Waals surface area contributed by atoms with Crippen molar-refractivity contribution in [1.29, 1.82) is 0 Å². The second kappa shape index (κ2) is 6.85. The monoisotopic (exact) mass is 294 g/mol. The van der Waals surface area contributed by atoms with Crippen molar-refractivity contribution in [2.24, 2.45) is 5.92 Å². The fourth-order valence-corrected chi connectivity index (χ4v) is 3.69. The van der Waals surface area contributed by atoms with Gasteiger partial charge in [0.25, 0.3) is 0 Å². The molecule has 1 saturated carbocycles. The summed E-state index contributed by atoms with van der Waals surface area (Å²) in [5, 5.41) is 7.30. The van der Waals surface area contributed by atoms with Crippen molar-refractivity contribution in [1.82, 2.24) is 20.1 Å². The smallest absolute Gasteiger partial charge is 0.150 e.